The van der Waals surface area contributed by atoms with E-state index >= 15 is 0 Å². The van der Waals surface area contributed by atoms with Gasteiger partial charge in [-0.1, -0.05) is 18.2 Å². The van der Waals surface area contributed by atoms with Crippen molar-refractivity contribution >= 4 is 30.8 Å². The molecule has 2 aromatic carbocycles. The molecule has 1 aliphatic heterocycles. The number of alkyl halides is 3. The van der Waals surface area contributed by atoms with E-state index in [0.29, 0.717) is 16.9 Å². The first-order valence-corrected chi connectivity index (χ1v) is 9.76. The van der Waals surface area contributed by atoms with Crippen LogP contribution >= 0.6 is 12.4 Å². The predicted molar refractivity (Wildman–Crippen MR) is 120 cm³/mol. The molecule has 0 saturated carbocycles. The molecule has 0 fully saturated rings. The van der Waals surface area contributed by atoms with E-state index in [1.54, 1.807) is 36.7 Å². The first kappa shape index (κ1) is 24.6. The molecule has 4 rings (SSSR count). The Bertz CT molecular complexity index is 1150. The van der Waals surface area contributed by atoms with Crippen LogP contribution in [0.15, 0.2) is 60.9 Å². The molecule has 0 aliphatic carbocycles. The number of nitrogens with zero attached hydrogens (tertiary/aromatic N) is 1. The molecule has 0 spiro atoms. The van der Waals surface area contributed by atoms with Gasteiger partial charge in [-0.15, -0.1) is 12.4 Å². The topological polar surface area (TPSA) is 101 Å². The summed E-state index contributed by atoms with van der Waals surface area (Å²) in [6.07, 6.45) is -1.53. The summed E-state index contributed by atoms with van der Waals surface area (Å²) in [5.74, 6) is 0.236. The maximum absolute atomic E-state index is 13.0. The summed E-state index contributed by atoms with van der Waals surface area (Å²) < 4.78 is 50.4. The Morgan fingerprint density at radius 3 is 2.64 bits per heavy atom. The normalized spacial score (nSPS) is 15.0. The van der Waals surface area contributed by atoms with Gasteiger partial charge in [0, 0.05) is 24.4 Å². The predicted octanol–water partition coefficient (Wildman–Crippen LogP) is 3.39. The minimum atomic E-state index is -4.50. The number of nitrogens with two attached hydrogens (primary N) is 1. The van der Waals surface area contributed by atoms with Crippen molar-refractivity contribution in [1.29, 1.82) is 5.41 Å². The molecule has 0 amide bonds. The zero-order chi connectivity index (χ0) is 22.9. The molecule has 2 heterocycles. The molecule has 6 nitrogen and oxygen atoms in total. The van der Waals surface area contributed by atoms with Gasteiger partial charge in [-0.2, -0.15) is 13.2 Å². The van der Waals surface area contributed by atoms with Gasteiger partial charge in [0.05, 0.1) is 17.2 Å². The van der Waals surface area contributed by atoms with Crippen molar-refractivity contribution in [2.75, 3.05) is 0 Å². The molecular weight excluding hydrogens is 458 g/mol. The van der Waals surface area contributed by atoms with E-state index in [-0.39, 0.29) is 36.7 Å². The van der Waals surface area contributed by atoms with E-state index in [1.807, 2.05) is 6.07 Å². The van der Waals surface area contributed by atoms with Crippen molar-refractivity contribution in [3.63, 3.8) is 0 Å². The molecule has 0 radical (unpaired) electrons. The van der Waals surface area contributed by atoms with Crippen LogP contribution in [0.1, 0.15) is 33.9 Å². The van der Waals surface area contributed by atoms with Crippen LogP contribution in [0.3, 0.4) is 0 Å². The second kappa shape index (κ2) is 9.82. The Hall–Kier alpha value is -3.08. The van der Waals surface area contributed by atoms with Crippen molar-refractivity contribution in [2.24, 2.45) is 5.73 Å². The van der Waals surface area contributed by atoms with E-state index in [0.717, 1.165) is 23.3 Å². The lowest BCUT2D eigenvalue weighted by atomic mass is 9.78. The van der Waals surface area contributed by atoms with E-state index in [9.17, 15) is 18.2 Å². The van der Waals surface area contributed by atoms with Crippen LogP contribution in [0.2, 0.25) is 0 Å². The third-order valence-electron chi connectivity index (χ3n) is 5.19. The van der Waals surface area contributed by atoms with Gasteiger partial charge in [0.15, 0.2) is 0 Å². The van der Waals surface area contributed by atoms with E-state index < -0.39 is 25.0 Å². The van der Waals surface area contributed by atoms with Crippen LogP contribution in [-0.4, -0.2) is 23.0 Å². The van der Waals surface area contributed by atoms with Gasteiger partial charge in [-0.3, -0.25) is 10.4 Å². The maximum atomic E-state index is 13.0. The van der Waals surface area contributed by atoms with Crippen LogP contribution < -0.4 is 15.9 Å². The number of ether oxygens (including phenoxy) is 1. The number of hydrogen-bond donors (Lipinski definition) is 3. The number of fused-ring (bicyclic) bond motifs is 1. The number of rotatable bonds is 6. The third-order valence-corrected chi connectivity index (χ3v) is 5.19. The number of nitrogen functional groups attached to an aromatic ring is 1. The lowest BCUT2D eigenvalue weighted by molar-refractivity contribution is -0.137. The van der Waals surface area contributed by atoms with Gasteiger partial charge in [0.1, 0.15) is 18.2 Å². The molecule has 0 bridgehead atoms. The van der Waals surface area contributed by atoms with Crippen LogP contribution in [0.25, 0.3) is 0 Å². The van der Waals surface area contributed by atoms with Crippen molar-refractivity contribution in [3.8, 4) is 5.75 Å². The number of pyridine rings is 1. The van der Waals surface area contributed by atoms with Crippen LogP contribution in [0.4, 0.5) is 13.2 Å². The van der Waals surface area contributed by atoms with Crippen molar-refractivity contribution in [1.82, 2.24) is 4.98 Å². The van der Waals surface area contributed by atoms with Crippen LogP contribution in [0, 0.1) is 5.41 Å². The minimum absolute atomic E-state index is 0. The van der Waals surface area contributed by atoms with Crippen LogP contribution in [0.5, 0.6) is 5.75 Å². The average Bonchev–Trinajstić information content (AvgIpc) is 3.07. The molecule has 172 valence electrons. The van der Waals surface area contributed by atoms with Crippen molar-refractivity contribution in [3.05, 3.63) is 88.7 Å². The zero-order valence-electron chi connectivity index (χ0n) is 17.2. The number of aromatic nitrogens is 1. The molecular formula is C22H20BClF3N3O3. The van der Waals surface area contributed by atoms with Gasteiger partial charge < -0.3 is 20.1 Å². The Morgan fingerprint density at radius 1 is 1.18 bits per heavy atom. The number of benzene rings is 2. The highest BCUT2D eigenvalue weighted by Crippen LogP contribution is 2.34. The molecule has 1 aliphatic rings. The second-order valence-corrected chi connectivity index (χ2v) is 7.42. The van der Waals surface area contributed by atoms with Gasteiger partial charge in [-0.25, -0.2) is 0 Å². The molecule has 1 atom stereocenters. The second-order valence-electron chi connectivity index (χ2n) is 7.42. The third kappa shape index (κ3) is 5.47. The van der Waals surface area contributed by atoms with Gasteiger partial charge in [0.2, 0.25) is 0 Å². The highest BCUT2D eigenvalue weighted by Gasteiger charge is 2.38. The SMILES string of the molecule is Cl.N=C(N)c1ccc(CC2OB(O)c3cc(C(F)(F)F)ccc32)cc1OCc1cccnc1. The average molecular weight is 478 g/mol. The molecule has 33 heavy (non-hydrogen) atoms. The summed E-state index contributed by atoms with van der Waals surface area (Å²) in [5.41, 5.74) is 7.45. The smallest absolute Gasteiger partial charge is 0.488 e. The number of amidine groups is 1. The lowest BCUT2D eigenvalue weighted by Crippen LogP contribution is -2.29. The van der Waals surface area contributed by atoms with Gasteiger partial charge in [0.25, 0.3) is 0 Å². The number of hydrogen-bond acceptors (Lipinski definition) is 5. The summed E-state index contributed by atoms with van der Waals surface area (Å²) in [4.78, 5) is 4.03. The zero-order valence-corrected chi connectivity index (χ0v) is 18.0. The fourth-order valence-electron chi connectivity index (χ4n) is 3.61. The summed E-state index contributed by atoms with van der Waals surface area (Å²) in [7, 11) is -1.44. The fraction of sp³-hybridized carbons (Fsp3) is 0.182. The molecule has 3 aromatic rings. The first-order valence-electron chi connectivity index (χ1n) is 9.76. The Labute approximate surface area is 194 Å². The van der Waals surface area contributed by atoms with Gasteiger partial charge >= 0.3 is 13.3 Å². The van der Waals surface area contributed by atoms with E-state index in [2.05, 4.69) is 4.98 Å². The molecule has 1 aromatic heterocycles. The quantitative estimate of drug-likeness (QED) is 0.287. The molecule has 0 saturated heterocycles. The van der Waals surface area contributed by atoms with Gasteiger partial charge in [-0.05, 0) is 46.9 Å². The summed E-state index contributed by atoms with van der Waals surface area (Å²) in [5, 5.41) is 17.9. The van der Waals surface area contributed by atoms with Crippen LogP contribution in [-0.2, 0) is 23.9 Å². The largest absolute Gasteiger partial charge is 0.492 e. The Balaban J connectivity index is 0.00000306. The fourth-order valence-corrected chi connectivity index (χ4v) is 3.61. The van der Waals surface area contributed by atoms with E-state index in [1.165, 1.54) is 6.07 Å². The summed E-state index contributed by atoms with van der Waals surface area (Å²) in [6, 6.07) is 12.0. The molecule has 1 unspecified atom stereocenters. The number of nitrogens with one attached hydrogen (secondary N) is 1. The Morgan fingerprint density at radius 2 is 1.97 bits per heavy atom. The number of halogens is 4. The van der Waals surface area contributed by atoms with Crippen molar-refractivity contribution in [2.45, 2.75) is 25.3 Å². The Kier molecular flexibility index (Phi) is 7.31. The van der Waals surface area contributed by atoms with E-state index in [4.69, 9.17) is 20.5 Å². The highest BCUT2D eigenvalue weighted by molar-refractivity contribution is 6.61. The molecule has 11 heteroatoms. The maximum Gasteiger partial charge on any atom is 0.492 e. The first-order chi connectivity index (χ1) is 15.2. The standard InChI is InChI=1S/C22H19BF3N3O3.ClH/c24-22(25,26)15-4-6-16-18(10-15)23(30)32-20(16)9-13-3-5-17(21(27)28)19(8-13)31-12-14-2-1-7-29-11-14;/h1-8,10-11,20,30H,9,12H2,(H3,27,28);1H. The highest BCUT2D eigenvalue weighted by atomic mass is 35.5. The summed E-state index contributed by atoms with van der Waals surface area (Å²) >= 11 is 0. The summed E-state index contributed by atoms with van der Waals surface area (Å²) in [6.45, 7) is 0.221. The monoisotopic (exact) mass is 477 g/mol. The van der Waals surface area contributed by atoms with Crippen molar-refractivity contribution < 1.29 is 27.6 Å². The molecule has 4 N–H and O–H groups in total. The minimum Gasteiger partial charge on any atom is -0.488 e. The lowest BCUT2D eigenvalue weighted by Gasteiger charge is -2.16.